The molecule has 1 fully saturated rings. The van der Waals surface area contributed by atoms with Gasteiger partial charge in [0.2, 0.25) is 5.88 Å². The van der Waals surface area contributed by atoms with Crippen LogP contribution in [0.1, 0.15) is 11.9 Å². The van der Waals surface area contributed by atoms with Gasteiger partial charge in [0, 0.05) is 18.1 Å². The average molecular weight is 227 g/mol. The first-order valence-electron chi connectivity index (χ1n) is 4.75. The van der Waals surface area contributed by atoms with Crippen LogP contribution in [0.15, 0.2) is 10.9 Å². The first-order valence-corrected chi connectivity index (χ1v) is 5.90. The van der Waals surface area contributed by atoms with Crippen LogP contribution in [0.25, 0.3) is 0 Å². The molecule has 0 bridgehead atoms. The van der Waals surface area contributed by atoms with Crippen LogP contribution in [0.5, 0.6) is 5.88 Å². The quantitative estimate of drug-likeness (QED) is 0.717. The Balaban J connectivity index is 2.31. The minimum Gasteiger partial charge on any atom is -0.493 e. The molecule has 1 aliphatic rings. The molecular weight excluding hydrogens is 214 g/mol. The van der Waals surface area contributed by atoms with Gasteiger partial charge in [-0.05, 0) is 7.05 Å². The van der Waals surface area contributed by atoms with Gasteiger partial charge >= 0.3 is 0 Å². The molecule has 1 atom stereocenters. The Morgan fingerprint density at radius 2 is 2.53 bits per heavy atom. The summed E-state index contributed by atoms with van der Waals surface area (Å²) in [7, 11) is 1.99. The number of hydrogen-bond acceptors (Lipinski definition) is 5. The van der Waals surface area contributed by atoms with Gasteiger partial charge in [0.15, 0.2) is 0 Å². The number of rotatable bonds is 1. The van der Waals surface area contributed by atoms with Crippen molar-refractivity contribution in [3.8, 4) is 5.88 Å². The highest BCUT2D eigenvalue weighted by Gasteiger charge is 2.23. The third-order valence-electron chi connectivity index (χ3n) is 2.46. The van der Waals surface area contributed by atoms with Crippen LogP contribution >= 0.6 is 11.8 Å². The molecule has 1 aromatic rings. The Labute approximate surface area is 91.5 Å². The molecule has 2 N–H and O–H groups in total. The summed E-state index contributed by atoms with van der Waals surface area (Å²) in [6, 6.07) is 1.17. The van der Waals surface area contributed by atoms with Gasteiger partial charge in [-0.1, -0.05) is 0 Å². The fourth-order valence-electron chi connectivity index (χ4n) is 1.60. The lowest BCUT2D eigenvalue weighted by Gasteiger charge is -2.30. The van der Waals surface area contributed by atoms with Crippen molar-refractivity contribution < 1.29 is 5.11 Å². The van der Waals surface area contributed by atoms with Crippen LogP contribution in [0.4, 0.5) is 0 Å². The van der Waals surface area contributed by atoms with Crippen LogP contribution in [0.2, 0.25) is 0 Å². The molecule has 15 heavy (non-hydrogen) atoms. The van der Waals surface area contributed by atoms with Crippen LogP contribution in [0, 0.1) is 0 Å². The minimum atomic E-state index is -0.304. The zero-order valence-corrected chi connectivity index (χ0v) is 9.25. The highest BCUT2D eigenvalue weighted by atomic mass is 32.2. The third kappa shape index (κ3) is 2.32. The van der Waals surface area contributed by atoms with Crippen molar-refractivity contribution in [3.63, 3.8) is 0 Å². The van der Waals surface area contributed by atoms with E-state index in [1.165, 1.54) is 0 Å². The summed E-state index contributed by atoms with van der Waals surface area (Å²) in [5.74, 6) is 2.33. The van der Waals surface area contributed by atoms with Crippen molar-refractivity contribution >= 4 is 11.8 Å². The minimum absolute atomic E-state index is 0.0866. The summed E-state index contributed by atoms with van der Waals surface area (Å²) in [6.07, 6.45) is 0. The molecule has 6 heteroatoms. The maximum Gasteiger partial charge on any atom is 0.254 e. The van der Waals surface area contributed by atoms with Gasteiger partial charge in [0.25, 0.3) is 5.56 Å². The van der Waals surface area contributed by atoms with Gasteiger partial charge in [-0.3, -0.25) is 9.69 Å². The van der Waals surface area contributed by atoms with Crippen LogP contribution < -0.4 is 5.56 Å². The molecule has 1 aliphatic heterocycles. The van der Waals surface area contributed by atoms with Gasteiger partial charge in [0.1, 0.15) is 5.82 Å². The van der Waals surface area contributed by atoms with Crippen LogP contribution in [0.3, 0.4) is 0 Å². The lowest BCUT2D eigenvalue weighted by atomic mass is 10.2. The second kappa shape index (κ2) is 4.24. The van der Waals surface area contributed by atoms with Gasteiger partial charge in [-0.25, -0.2) is 0 Å². The maximum atomic E-state index is 11.2. The van der Waals surface area contributed by atoms with E-state index >= 15 is 0 Å². The molecule has 2 heterocycles. The summed E-state index contributed by atoms with van der Waals surface area (Å²) in [6.45, 7) is 0.967. The number of H-pyrrole nitrogens is 1. The Kier molecular flexibility index (Phi) is 2.97. The molecule has 0 amide bonds. The summed E-state index contributed by atoms with van der Waals surface area (Å²) in [5, 5.41) is 9.25. The number of aromatic nitrogens is 2. The highest BCUT2D eigenvalue weighted by molar-refractivity contribution is 7.99. The number of thioether (sulfide) groups is 1. The molecule has 0 radical (unpaired) electrons. The molecule has 82 valence electrons. The summed E-state index contributed by atoms with van der Waals surface area (Å²) >= 11 is 1.83. The van der Waals surface area contributed by atoms with E-state index in [4.69, 9.17) is 0 Å². The first-order chi connectivity index (χ1) is 7.16. The molecule has 5 nitrogen and oxygen atoms in total. The van der Waals surface area contributed by atoms with E-state index in [0.29, 0.717) is 5.82 Å². The van der Waals surface area contributed by atoms with Crippen molar-refractivity contribution in [1.29, 1.82) is 0 Å². The van der Waals surface area contributed by atoms with E-state index in [9.17, 15) is 9.90 Å². The smallest absolute Gasteiger partial charge is 0.254 e. The van der Waals surface area contributed by atoms with Gasteiger partial charge in [-0.2, -0.15) is 16.7 Å². The fourth-order valence-corrected chi connectivity index (χ4v) is 2.81. The number of aromatic amines is 1. The van der Waals surface area contributed by atoms with Crippen molar-refractivity contribution in [1.82, 2.24) is 14.9 Å². The molecule has 1 aromatic heterocycles. The van der Waals surface area contributed by atoms with E-state index in [1.54, 1.807) is 0 Å². The fraction of sp³-hybridized carbons (Fsp3) is 0.556. The molecular formula is C9H13N3O2S. The average Bonchev–Trinajstić information content (AvgIpc) is 2.16. The van der Waals surface area contributed by atoms with Crippen LogP contribution in [-0.4, -0.2) is 45.1 Å². The zero-order chi connectivity index (χ0) is 10.8. The van der Waals surface area contributed by atoms with Crippen molar-refractivity contribution in [3.05, 3.63) is 22.2 Å². The summed E-state index contributed by atoms with van der Waals surface area (Å²) < 4.78 is 0. The number of nitrogens with one attached hydrogen (secondary N) is 1. The summed E-state index contributed by atoms with van der Waals surface area (Å²) in [5.41, 5.74) is -0.304. The lowest BCUT2D eigenvalue weighted by molar-refractivity contribution is 0.262. The second-order valence-corrected chi connectivity index (χ2v) is 4.71. The Hall–Kier alpha value is -1.01. The van der Waals surface area contributed by atoms with Crippen molar-refractivity contribution in [2.45, 2.75) is 6.04 Å². The Morgan fingerprint density at radius 1 is 1.73 bits per heavy atom. The second-order valence-electron chi connectivity index (χ2n) is 3.56. The normalized spacial score (nSPS) is 22.9. The molecule has 1 saturated heterocycles. The number of hydrogen-bond donors (Lipinski definition) is 2. The molecule has 0 aliphatic carbocycles. The number of aromatic hydroxyl groups is 1. The van der Waals surface area contributed by atoms with Gasteiger partial charge in [-0.15, -0.1) is 0 Å². The van der Waals surface area contributed by atoms with Gasteiger partial charge < -0.3 is 10.1 Å². The monoisotopic (exact) mass is 227 g/mol. The number of nitrogens with zero attached hydrogens (tertiary/aromatic N) is 2. The zero-order valence-electron chi connectivity index (χ0n) is 8.43. The Morgan fingerprint density at radius 3 is 3.20 bits per heavy atom. The van der Waals surface area contributed by atoms with E-state index in [2.05, 4.69) is 14.9 Å². The van der Waals surface area contributed by atoms with Crippen molar-refractivity contribution in [2.24, 2.45) is 0 Å². The molecule has 1 unspecified atom stereocenters. The Bertz CT molecular complexity index is 407. The van der Waals surface area contributed by atoms with E-state index in [-0.39, 0.29) is 17.5 Å². The van der Waals surface area contributed by atoms with E-state index in [1.807, 2.05) is 18.8 Å². The topological polar surface area (TPSA) is 69.2 Å². The highest BCUT2D eigenvalue weighted by Crippen LogP contribution is 2.25. The predicted molar refractivity (Wildman–Crippen MR) is 59.2 cm³/mol. The third-order valence-corrected chi connectivity index (χ3v) is 3.48. The van der Waals surface area contributed by atoms with E-state index in [0.717, 1.165) is 24.1 Å². The van der Waals surface area contributed by atoms with Crippen LogP contribution in [-0.2, 0) is 0 Å². The van der Waals surface area contributed by atoms with Gasteiger partial charge in [0.05, 0.1) is 12.1 Å². The first kappa shape index (κ1) is 10.5. The largest absolute Gasteiger partial charge is 0.493 e. The molecule has 0 spiro atoms. The lowest BCUT2D eigenvalue weighted by Crippen LogP contribution is -2.34. The van der Waals surface area contributed by atoms with Crippen molar-refractivity contribution in [2.75, 3.05) is 25.1 Å². The molecule has 0 aromatic carbocycles. The van der Waals surface area contributed by atoms with E-state index < -0.39 is 0 Å². The SMILES string of the molecule is CN1CCSCC1c1nc(O)cc(=O)[nH]1. The summed E-state index contributed by atoms with van der Waals surface area (Å²) in [4.78, 5) is 19.9. The predicted octanol–water partition coefficient (Wildman–Crippen LogP) is 0.195. The standard InChI is InChI=1S/C9H13N3O2S/c1-12-2-3-15-5-6(12)9-10-7(13)4-8(14)11-9/h4,6H,2-3,5H2,1H3,(H2,10,11,13,14). The maximum absolute atomic E-state index is 11.2. The molecule has 0 saturated carbocycles. The molecule has 2 rings (SSSR count).